The van der Waals surface area contributed by atoms with Crippen LogP contribution in [-0.4, -0.2) is 66.8 Å². The molecule has 0 spiro atoms. The first-order valence-corrected chi connectivity index (χ1v) is 6.55. The molecular formula is C12H23N3O2. The third kappa shape index (κ3) is 3.10. The number of nitrogens with zero attached hydrogens (tertiary/aromatic N) is 2. The third-order valence-corrected chi connectivity index (χ3v) is 3.83. The van der Waals surface area contributed by atoms with Crippen LogP contribution in [-0.2, 0) is 0 Å². The van der Waals surface area contributed by atoms with Crippen molar-refractivity contribution in [1.29, 1.82) is 0 Å². The predicted molar refractivity (Wildman–Crippen MR) is 65.8 cm³/mol. The highest BCUT2D eigenvalue weighted by Gasteiger charge is 2.35. The summed E-state index contributed by atoms with van der Waals surface area (Å²) >= 11 is 0. The quantitative estimate of drug-likeness (QED) is 0.734. The Hall–Kier alpha value is -0.810. The van der Waals surface area contributed by atoms with Gasteiger partial charge in [0, 0.05) is 26.2 Å². The van der Waals surface area contributed by atoms with E-state index >= 15 is 0 Å². The summed E-state index contributed by atoms with van der Waals surface area (Å²) in [5, 5.41) is 11.9. The molecule has 2 amide bonds. The van der Waals surface area contributed by atoms with E-state index in [0.717, 1.165) is 13.1 Å². The first-order valence-electron chi connectivity index (χ1n) is 6.55. The number of carbonyl (C=O) groups is 1. The highest BCUT2D eigenvalue weighted by molar-refractivity contribution is 5.76. The summed E-state index contributed by atoms with van der Waals surface area (Å²) in [6.07, 6.45) is 3.11. The standard InChI is InChI=1S/C12H23N3O2/c1-14-5-2-4-10(8-14)11-9-15(6-3-7-16)12(17)13-11/h10-11,16H,2-9H2,1H3,(H,13,17). The second-order valence-corrected chi connectivity index (χ2v) is 5.24. The summed E-state index contributed by atoms with van der Waals surface area (Å²) in [6, 6.07) is 0.334. The maximum Gasteiger partial charge on any atom is 0.317 e. The summed E-state index contributed by atoms with van der Waals surface area (Å²) in [4.78, 5) is 15.9. The molecule has 0 radical (unpaired) electrons. The summed E-state index contributed by atoms with van der Waals surface area (Å²) in [5.41, 5.74) is 0. The number of piperidine rings is 1. The number of aliphatic hydroxyl groups excluding tert-OH is 1. The largest absolute Gasteiger partial charge is 0.396 e. The van der Waals surface area contributed by atoms with E-state index in [4.69, 9.17) is 5.11 Å². The van der Waals surface area contributed by atoms with E-state index in [0.29, 0.717) is 24.9 Å². The molecule has 0 aromatic carbocycles. The highest BCUT2D eigenvalue weighted by Crippen LogP contribution is 2.22. The van der Waals surface area contributed by atoms with Gasteiger partial charge in [-0.05, 0) is 38.8 Å². The lowest BCUT2D eigenvalue weighted by molar-refractivity contribution is 0.179. The Kier molecular flexibility index (Phi) is 4.23. The summed E-state index contributed by atoms with van der Waals surface area (Å²) in [5.74, 6) is 0.580. The van der Waals surface area contributed by atoms with E-state index in [1.807, 2.05) is 4.90 Å². The molecule has 5 nitrogen and oxygen atoms in total. The molecule has 2 unspecified atom stereocenters. The normalized spacial score (nSPS) is 30.7. The molecule has 98 valence electrons. The van der Waals surface area contributed by atoms with Gasteiger partial charge < -0.3 is 20.2 Å². The minimum Gasteiger partial charge on any atom is -0.396 e. The van der Waals surface area contributed by atoms with Crippen LogP contribution in [0.25, 0.3) is 0 Å². The Morgan fingerprint density at radius 1 is 1.47 bits per heavy atom. The van der Waals surface area contributed by atoms with Crippen LogP contribution in [0.4, 0.5) is 4.79 Å². The van der Waals surface area contributed by atoms with Gasteiger partial charge in [0.05, 0.1) is 6.04 Å². The van der Waals surface area contributed by atoms with Gasteiger partial charge in [0.15, 0.2) is 0 Å². The number of rotatable bonds is 4. The van der Waals surface area contributed by atoms with Crippen LogP contribution in [0.2, 0.25) is 0 Å². The van der Waals surface area contributed by atoms with Crippen LogP contribution < -0.4 is 5.32 Å². The smallest absolute Gasteiger partial charge is 0.317 e. The highest BCUT2D eigenvalue weighted by atomic mass is 16.3. The number of aliphatic hydroxyl groups is 1. The maximum atomic E-state index is 11.7. The van der Waals surface area contributed by atoms with Gasteiger partial charge >= 0.3 is 6.03 Å². The lowest BCUT2D eigenvalue weighted by Gasteiger charge is -2.32. The zero-order chi connectivity index (χ0) is 12.3. The molecule has 17 heavy (non-hydrogen) atoms. The molecule has 0 bridgehead atoms. The SMILES string of the molecule is CN1CCCC(C2CN(CCCO)C(=O)N2)C1. The number of nitrogens with one attached hydrogen (secondary N) is 1. The fourth-order valence-corrected chi connectivity index (χ4v) is 2.87. The summed E-state index contributed by atoms with van der Waals surface area (Å²) < 4.78 is 0. The molecule has 2 heterocycles. The number of likely N-dealkylation sites (tertiary alicyclic amines) is 1. The number of hydrogen-bond donors (Lipinski definition) is 2. The van der Waals surface area contributed by atoms with Crippen LogP contribution in [0.15, 0.2) is 0 Å². The van der Waals surface area contributed by atoms with Gasteiger partial charge in [0.1, 0.15) is 0 Å². The summed E-state index contributed by atoms with van der Waals surface area (Å²) in [7, 11) is 2.15. The van der Waals surface area contributed by atoms with E-state index in [1.165, 1.54) is 19.4 Å². The molecule has 2 fully saturated rings. The van der Waals surface area contributed by atoms with Crippen molar-refractivity contribution < 1.29 is 9.90 Å². The number of urea groups is 1. The van der Waals surface area contributed by atoms with Gasteiger partial charge in [-0.2, -0.15) is 0 Å². The minimum absolute atomic E-state index is 0.0386. The van der Waals surface area contributed by atoms with Gasteiger partial charge in [-0.3, -0.25) is 0 Å². The van der Waals surface area contributed by atoms with E-state index in [2.05, 4.69) is 17.3 Å². The molecule has 2 N–H and O–H groups in total. The molecule has 0 aliphatic carbocycles. The van der Waals surface area contributed by atoms with Gasteiger partial charge in [0.25, 0.3) is 0 Å². The molecule has 2 aliphatic heterocycles. The zero-order valence-corrected chi connectivity index (χ0v) is 10.6. The lowest BCUT2D eigenvalue weighted by Crippen LogP contribution is -2.43. The number of hydrogen-bond acceptors (Lipinski definition) is 3. The molecular weight excluding hydrogens is 218 g/mol. The second kappa shape index (κ2) is 5.69. The van der Waals surface area contributed by atoms with Crippen molar-refractivity contribution in [2.24, 2.45) is 5.92 Å². The lowest BCUT2D eigenvalue weighted by atomic mass is 9.91. The van der Waals surface area contributed by atoms with Crippen molar-refractivity contribution in [2.45, 2.75) is 25.3 Å². The number of amides is 2. The number of carbonyl (C=O) groups excluding carboxylic acids is 1. The van der Waals surface area contributed by atoms with Crippen molar-refractivity contribution in [3.8, 4) is 0 Å². The van der Waals surface area contributed by atoms with Gasteiger partial charge in [-0.15, -0.1) is 0 Å². The molecule has 0 aromatic heterocycles. The van der Waals surface area contributed by atoms with Crippen molar-refractivity contribution in [3.63, 3.8) is 0 Å². The van der Waals surface area contributed by atoms with E-state index in [1.54, 1.807) is 0 Å². The minimum atomic E-state index is 0.0386. The third-order valence-electron chi connectivity index (χ3n) is 3.83. The van der Waals surface area contributed by atoms with Crippen molar-refractivity contribution in [2.75, 3.05) is 39.8 Å². The molecule has 5 heteroatoms. The molecule has 2 saturated heterocycles. The average molecular weight is 241 g/mol. The zero-order valence-electron chi connectivity index (χ0n) is 10.6. The Morgan fingerprint density at radius 2 is 2.29 bits per heavy atom. The first kappa shape index (κ1) is 12.6. The fourth-order valence-electron chi connectivity index (χ4n) is 2.87. The Balaban J connectivity index is 1.85. The van der Waals surface area contributed by atoms with E-state index < -0.39 is 0 Å². The molecule has 0 saturated carbocycles. The topological polar surface area (TPSA) is 55.8 Å². The van der Waals surface area contributed by atoms with Crippen LogP contribution in [0.1, 0.15) is 19.3 Å². The van der Waals surface area contributed by atoms with Crippen molar-refractivity contribution >= 4 is 6.03 Å². The van der Waals surface area contributed by atoms with E-state index in [-0.39, 0.29) is 12.6 Å². The molecule has 2 aliphatic rings. The fraction of sp³-hybridized carbons (Fsp3) is 0.917. The average Bonchev–Trinajstić information content (AvgIpc) is 2.68. The van der Waals surface area contributed by atoms with Gasteiger partial charge in [-0.1, -0.05) is 0 Å². The van der Waals surface area contributed by atoms with Crippen molar-refractivity contribution in [1.82, 2.24) is 15.1 Å². The second-order valence-electron chi connectivity index (χ2n) is 5.24. The summed E-state index contributed by atoms with van der Waals surface area (Å²) in [6.45, 7) is 3.88. The van der Waals surface area contributed by atoms with Gasteiger partial charge in [-0.25, -0.2) is 4.79 Å². The Labute approximate surface area is 103 Å². The van der Waals surface area contributed by atoms with Gasteiger partial charge in [0.2, 0.25) is 0 Å². The molecule has 0 aromatic rings. The van der Waals surface area contributed by atoms with Crippen LogP contribution in [0, 0.1) is 5.92 Å². The van der Waals surface area contributed by atoms with Crippen LogP contribution in [0.3, 0.4) is 0 Å². The predicted octanol–water partition coefficient (Wildman–Crippen LogP) is 0.104. The Morgan fingerprint density at radius 3 is 3.00 bits per heavy atom. The van der Waals surface area contributed by atoms with Crippen LogP contribution >= 0.6 is 0 Å². The Bertz CT molecular complexity index is 272. The van der Waals surface area contributed by atoms with Crippen LogP contribution in [0.5, 0.6) is 0 Å². The van der Waals surface area contributed by atoms with Crippen molar-refractivity contribution in [3.05, 3.63) is 0 Å². The van der Waals surface area contributed by atoms with E-state index in [9.17, 15) is 4.79 Å². The molecule has 2 atom stereocenters. The maximum absolute atomic E-state index is 11.7. The monoisotopic (exact) mass is 241 g/mol. The first-order chi connectivity index (χ1) is 8.20. The molecule has 2 rings (SSSR count).